The quantitative estimate of drug-likeness (QED) is 0.646. The van der Waals surface area contributed by atoms with Gasteiger partial charge in [-0.05, 0) is 31.4 Å². The van der Waals surface area contributed by atoms with Gasteiger partial charge >= 0.3 is 0 Å². The highest BCUT2D eigenvalue weighted by atomic mass is 16.5. The minimum Gasteiger partial charge on any atom is -0.396 e. The minimum absolute atomic E-state index is 0.0488. The van der Waals surface area contributed by atoms with Gasteiger partial charge in [0.15, 0.2) is 0 Å². The van der Waals surface area contributed by atoms with Gasteiger partial charge in [0.05, 0.1) is 13.2 Å². The number of carbonyl (C=O) groups is 1. The first-order chi connectivity index (χ1) is 10.0. The molecule has 0 spiro atoms. The van der Waals surface area contributed by atoms with Crippen LogP contribution >= 0.6 is 0 Å². The van der Waals surface area contributed by atoms with Crippen molar-refractivity contribution < 1.29 is 14.6 Å². The smallest absolute Gasteiger partial charge is 0.238 e. The summed E-state index contributed by atoms with van der Waals surface area (Å²) in [6, 6.07) is 7.77. The molecule has 118 valence electrons. The molecule has 0 aliphatic heterocycles. The highest BCUT2D eigenvalue weighted by Crippen LogP contribution is 2.15. The van der Waals surface area contributed by atoms with Crippen LogP contribution in [-0.4, -0.2) is 43.4 Å². The summed E-state index contributed by atoms with van der Waals surface area (Å²) in [7, 11) is 1.61. The Hall–Kier alpha value is -1.43. The van der Waals surface area contributed by atoms with Crippen molar-refractivity contribution >= 4 is 11.6 Å². The number of methoxy groups -OCH3 is 1. The van der Waals surface area contributed by atoms with E-state index in [1.54, 1.807) is 7.11 Å². The van der Waals surface area contributed by atoms with Gasteiger partial charge in [0.25, 0.3) is 0 Å². The van der Waals surface area contributed by atoms with E-state index >= 15 is 0 Å². The van der Waals surface area contributed by atoms with E-state index in [1.165, 1.54) is 0 Å². The molecule has 1 unspecified atom stereocenters. The molecule has 0 fully saturated rings. The van der Waals surface area contributed by atoms with E-state index < -0.39 is 5.54 Å². The number of aliphatic hydroxyl groups excluding tert-OH is 1. The zero-order valence-corrected chi connectivity index (χ0v) is 13.1. The highest BCUT2D eigenvalue weighted by molar-refractivity contribution is 5.93. The van der Waals surface area contributed by atoms with Gasteiger partial charge < -0.3 is 20.5 Å². The van der Waals surface area contributed by atoms with Crippen molar-refractivity contribution in [2.24, 2.45) is 0 Å². The van der Waals surface area contributed by atoms with Gasteiger partial charge in [-0.25, -0.2) is 0 Å². The van der Waals surface area contributed by atoms with E-state index in [4.69, 9.17) is 9.84 Å². The van der Waals surface area contributed by atoms with Crippen LogP contribution < -0.4 is 10.6 Å². The van der Waals surface area contributed by atoms with E-state index in [0.29, 0.717) is 13.0 Å². The second-order valence-electron chi connectivity index (χ2n) is 5.38. The van der Waals surface area contributed by atoms with E-state index in [1.807, 2.05) is 31.2 Å². The predicted octanol–water partition coefficient (Wildman–Crippen LogP) is 1.56. The second-order valence-corrected chi connectivity index (χ2v) is 5.38. The summed E-state index contributed by atoms with van der Waals surface area (Å²) in [5, 5.41) is 15.2. The minimum atomic E-state index is -0.412. The summed E-state index contributed by atoms with van der Waals surface area (Å²) in [6.07, 6.45) is 1.40. The van der Waals surface area contributed by atoms with Crippen LogP contribution in [0, 0.1) is 0 Å². The van der Waals surface area contributed by atoms with Gasteiger partial charge in [-0.2, -0.15) is 0 Å². The molecule has 1 atom stereocenters. The number of aliphatic hydroxyl groups is 1. The molecule has 1 aromatic carbocycles. The van der Waals surface area contributed by atoms with E-state index in [-0.39, 0.29) is 19.1 Å². The summed E-state index contributed by atoms with van der Waals surface area (Å²) in [5.74, 6) is -0.101. The molecular weight excluding hydrogens is 268 g/mol. The Morgan fingerprint density at radius 3 is 2.71 bits per heavy atom. The van der Waals surface area contributed by atoms with Gasteiger partial charge in [-0.1, -0.05) is 25.1 Å². The lowest BCUT2D eigenvalue weighted by Gasteiger charge is -2.29. The van der Waals surface area contributed by atoms with Crippen molar-refractivity contribution in [1.82, 2.24) is 5.32 Å². The number of nitrogens with one attached hydrogen (secondary N) is 2. The zero-order chi connectivity index (χ0) is 15.7. The van der Waals surface area contributed by atoms with E-state index in [9.17, 15) is 4.79 Å². The SMILES string of the molecule is CCc1ccccc1NC(=O)CNC(C)(CCO)COC. The Bertz CT molecular complexity index is 443. The first-order valence-corrected chi connectivity index (χ1v) is 7.27. The number of ether oxygens (including phenoxy) is 1. The fourth-order valence-electron chi connectivity index (χ4n) is 2.22. The number of hydrogen-bond acceptors (Lipinski definition) is 4. The topological polar surface area (TPSA) is 70.6 Å². The van der Waals surface area contributed by atoms with Crippen molar-refractivity contribution in [2.75, 3.05) is 32.2 Å². The van der Waals surface area contributed by atoms with Gasteiger partial charge in [0.1, 0.15) is 0 Å². The van der Waals surface area contributed by atoms with Crippen LogP contribution in [0.2, 0.25) is 0 Å². The van der Waals surface area contributed by atoms with Crippen molar-refractivity contribution in [3.05, 3.63) is 29.8 Å². The average Bonchev–Trinajstić information content (AvgIpc) is 2.46. The Labute approximate surface area is 126 Å². The fraction of sp³-hybridized carbons (Fsp3) is 0.562. The molecule has 5 nitrogen and oxygen atoms in total. The molecule has 21 heavy (non-hydrogen) atoms. The maximum Gasteiger partial charge on any atom is 0.238 e. The van der Waals surface area contributed by atoms with Crippen LogP contribution in [0.4, 0.5) is 5.69 Å². The number of anilines is 1. The standard InChI is InChI=1S/C16H26N2O3/c1-4-13-7-5-6-8-14(13)18-15(20)11-17-16(2,9-10-19)12-21-3/h5-8,17,19H,4,9-12H2,1-3H3,(H,18,20). The monoisotopic (exact) mass is 294 g/mol. The number of para-hydroxylation sites is 1. The van der Waals surface area contributed by atoms with Crippen LogP contribution in [0.3, 0.4) is 0 Å². The molecule has 0 saturated carbocycles. The lowest BCUT2D eigenvalue weighted by molar-refractivity contribution is -0.115. The summed E-state index contributed by atoms with van der Waals surface area (Å²) in [4.78, 5) is 12.1. The molecule has 0 radical (unpaired) electrons. The molecule has 5 heteroatoms. The number of amides is 1. The molecule has 3 N–H and O–H groups in total. The van der Waals surface area contributed by atoms with Gasteiger partial charge in [-0.3, -0.25) is 4.79 Å². The van der Waals surface area contributed by atoms with Gasteiger partial charge in [-0.15, -0.1) is 0 Å². The first kappa shape index (κ1) is 17.6. The summed E-state index contributed by atoms with van der Waals surface area (Å²) >= 11 is 0. The van der Waals surface area contributed by atoms with Crippen molar-refractivity contribution in [3.63, 3.8) is 0 Å². The molecule has 0 aliphatic rings. The van der Waals surface area contributed by atoms with Gasteiger partial charge in [0, 0.05) is 24.9 Å². The Balaban J connectivity index is 2.57. The summed E-state index contributed by atoms with van der Waals surface area (Å²) in [6.45, 7) is 4.65. The Morgan fingerprint density at radius 1 is 1.38 bits per heavy atom. The van der Waals surface area contributed by atoms with Crippen LogP contribution in [-0.2, 0) is 16.0 Å². The summed E-state index contributed by atoms with van der Waals surface area (Å²) < 4.78 is 5.14. The number of aryl methyl sites for hydroxylation is 1. The van der Waals surface area contributed by atoms with Crippen LogP contribution in [0.1, 0.15) is 25.8 Å². The zero-order valence-electron chi connectivity index (χ0n) is 13.1. The number of carbonyl (C=O) groups excluding carboxylic acids is 1. The fourth-order valence-corrected chi connectivity index (χ4v) is 2.22. The first-order valence-electron chi connectivity index (χ1n) is 7.27. The lowest BCUT2D eigenvalue weighted by Crippen LogP contribution is -2.49. The maximum absolute atomic E-state index is 12.1. The van der Waals surface area contributed by atoms with Crippen LogP contribution in [0.25, 0.3) is 0 Å². The number of hydrogen-bond donors (Lipinski definition) is 3. The van der Waals surface area contributed by atoms with Crippen molar-refractivity contribution in [3.8, 4) is 0 Å². The molecule has 0 aromatic heterocycles. The van der Waals surface area contributed by atoms with Crippen molar-refractivity contribution in [1.29, 1.82) is 0 Å². The Morgan fingerprint density at radius 2 is 2.10 bits per heavy atom. The summed E-state index contributed by atoms with van der Waals surface area (Å²) in [5.41, 5.74) is 1.55. The second kappa shape index (κ2) is 8.77. The molecule has 0 aliphatic carbocycles. The lowest BCUT2D eigenvalue weighted by atomic mass is 9.99. The molecule has 1 aromatic rings. The molecule has 0 bridgehead atoms. The maximum atomic E-state index is 12.1. The third kappa shape index (κ3) is 5.83. The number of benzene rings is 1. The largest absolute Gasteiger partial charge is 0.396 e. The van der Waals surface area contributed by atoms with E-state index in [0.717, 1.165) is 17.7 Å². The van der Waals surface area contributed by atoms with Crippen LogP contribution in [0.15, 0.2) is 24.3 Å². The van der Waals surface area contributed by atoms with Gasteiger partial charge in [0.2, 0.25) is 5.91 Å². The predicted molar refractivity (Wildman–Crippen MR) is 84.4 cm³/mol. The highest BCUT2D eigenvalue weighted by Gasteiger charge is 2.23. The molecule has 0 heterocycles. The third-order valence-electron chi connectivity index (χ3n) is 3.47. The van der Waals surface area contributed by atoms with Crippen molar-refractivity contribution in [2.45, 2.75) is 32.2 Å². The average molecular weight is 294 g/mol. The van der Waals surface area contributed by atoms with E-state index in [2.05, 4.69) is 17.6 Å². The normalized spacial score (nSPS) is 13.7. The molecule has 1 amide bonds. The molecular formula is C16H26N2O3. The molecule has 0 saturated heterocycles. The van der Waals surface area contributed by atoms with Crippen LogP contribution in [0.5, 0.6) is 0 Å². The Kier molecular flexibility index (Phi) is 7.36. The molecule has 1 rings (SSSR count). The number of rotatable bonds is 9. The third-order valence-corrected chi connectivity index (χ3v) is 3.47.